The molecule has 0 spiro atoms. The molecule has 1 aromatic rings. The van der Waals surface area contributed by atoms with Crippen LogP contribution in [0.15, 0.2) is 33.5 Å². The second kappa shape index (κ2) is 7.17. The second-order valence-electron chi connectivity index (χ2n) is 3.79. The van der Waals surface area contributed by atoms with E-state index in [0.717, 1.165) is 0 Å². The molecule has 0 heterocycles. The van der Waals surface area contributed by atoms with Crippen LogP contribution in [0.3, 0.4) is 0 Å². The minimum atomic E-state index is -2.87. The molecule has 1 aromatic carbocycles. The third kappa shape index (κ3) is 4.93. The molecule has 2 amide bonds. The number of carbonyl (C=O) groups is 1. The van der Waals surface area contributed by atoms with Gasteiger partial charge in [-0.05, 0) is 17.7 Å². The van der Waals surface area contributed by atoms with Crippen LogP contribution < -0.4 is 11.9 Å². The van der Waals surface area contributed by atoms with Gasteiger partial charge in [0.1, 0.15) is 0 Å². The molecule has 1 rings (SSSR count). The molecule has 6 nitrogen and oxygen atoms in total. The summed E-state index contributed by atoms with van der Waals surface area (Å²) in [6, 6.07) is 5.01. The molecule has 0 aliphatic rings. The third-order valence-corrected chi connectivity index (χ3v) is 4.02. The van der Waals surface area contributed by atoms with Crippen molar-refractivity contribution in [1.29, 1.82) is 0 Å². The van der Waals surface area contributed by atoms with Crippen molar-refractivity contribution in [2.24, 2.45) is 10.1 Å². The summed E-state index contributed by atoms with van der Waals surface area (Å²) in [6.45, 7) is -0.621. The SMILES string of the molecule is CS(=O)(=NC(N)=O)c1ccc([C@@H](O)CCF)cc1.N. The van der Waals surface area contributed by atoms with Crippen LogP contribution in [0.5, 0.6) is 0 Å². The summed E-state index contributed by atoms with van der Waals surface area (Å²) in [7, 11) is -2.87. The standard InChI is InChI=1S/C11H15FN2O3S.H3N/c1-18(17,14-11(13)16)9-4-2-8(3-5-9)10(15)6-7-12;/h2-5,10,15H,6-7H2,1H3,(H2,13,16);1H3/t10-,18?;/m0./s1. The van der Waals surface area contributed by atoms with Gasteiger partial charge >= 0.3 is 6.03 Å². The smallest absolute Gasteiger partial charge is 0.346 e. The molecule has 0 aromatic heterocycles. The Labute approximate surface area is 111 Å². The van der Waals surface area contributed by atoms with Crippen molar-refractivity contribution in [3.05, 3.63) is 29.8 Å². The number of aliphatic hydroxyl groups excluding tert-OH is 1. The highest BCUT2D eigenvalue weighted by molar-refractivity contribution is 7.93. The molecule has 0 saturated heterocycles. The first-order valence-electron chi connectivity index (χ1n) is 5.22. The predicted molar refractivity (Wildman–Crippen MR) is 71.4 cm³/mol. The van der Waals surface area contributed by atoms with Crippen molar-refractivity contribution in [3.8, 4) is 0 Å². The Hall–Kier alpha value is -1.51. The van der Waals surface area contributed by atoms with E-state index in [4.69, 9.17) is 5.73 Å². The largest absolute Gasteiger partial charge is 0.388 e. The molecular formula is C11H18FN3O3S. The van der Waals surface area contributed by atoms with E-state index in [0.29, 0.717) is 10.5 Å². The maximum atomic E-state index is 12.1. The van der Waals surface area contributed by atoms with Gasteiger partial charge in [0.25, 0.3) is 0 Å². The minimum Gasteiger partial charge on any atom is -0.388 e. The fourth-order valence-electron chi connectivity index (χ4n) is 1.44. The van der Waals surface area contributed by atoms with E-state index in [9.17, 15) is 18.5 Å². The van der Waals surface area contributed by atoms with E-state index < -0.39 is 28.5 Å². The van der Waals surface area contributed by atoms with Crippen molar-refractivity contribution in [3.63, 3.8) is 0 Å². The predicted octanol–water partition coefficient (Wildman–Crippen LogP) is 1.78. The lowest BCUT2D eigenvalue weighted by Gasteiger charge is -2.10. The first-order valence-corrected chi connectivity index (χ1v) is 7.14. The number of primary amides is 1. The van der Waals surface area contributed by atoms with Crippen LogP contribution in [0.2, 0.25) is 0 Å². The number of benzene rings is 1. The lowest BCUT2D eigenvalue weighted by atomic mass is 10.1. The van der Waals surface area contributed by atoms with Crippen molar-refractivity contribution >= 4 is 15.8 Å². The van der Waals surface area contributed by atoms with E-state index in [2.05, 4.69) is 4.36 Å². The first-order chi connectivity index (χ1) is 8.36. The van der Waals surface area contributed by atoms with Crippen LogP contribution in [-0.2, 0) is 9.73 Å². The van der Waals surface area contributed by atoms with E-state index in [1.807, 2.05) is 0 Å². The number of alkyl halides is 1. The second-order valence-corrected chi connectivity index (χ2v) is 6.05. The quantitative estimate of drug-likeness (QED) is 0.780. The number of hydrogen-bond donors (Lipinski definition) is 3. The molecule has 0 aliphatic carbocycles. The van der Waals surface area contributed by atoms with Crippen LogP contribution in [0.25, 0.3) is 0 Å². The molecule has 1 unspecified atom stereocenters. The Balaban J connectivity index is 0.00000324. The summed E-state index contributed by atoms with van der Waals surface area (Å²) in [5, 5.41) is 9.55. The molecule has 0 aliphatic heterocycles. The van der Waals surface area contributed by atoms with E-state index in [-0.39, 0.29) is 12.6 Å². The van der Waals surface area contributed by atoms with Crippen molar-refractivity contribution < 1.29 is 18.5 Å². The number of halogens is 1. The number of amides is 2. The van der Waals surface area contributed by atoms with Gasteiger partial charge < -0.3 is 17.0 Å². The molecule has 8 heteroatoms. The molecule has 0 saturated carbocycles. The van der Waals surface area contributed by atoms with E-state index >= 15 is 0 Å². The number of urea groups is 1. The summed E-state index contributed by atoms with van der Waals surface area (Å²) < 4.78 is 27.4. The van der Waals surface area contributed by atoms with Crippen LogP contribution >= 0.6 is 0 Å². The number of aliphatic hydroxyl groups is 1. The van der Waals surface area contributed by atoms with Crippen molar-refractivity contribution in [2.45, 2.75) is 17.4 Å². The van der Waals surface area contributed by atoms with Gasteiger partial charge in [-0.1, -0.05) is 12.1 Å². The number of hydrogen-bond acceptors (Lipinski definition) is 4. The maximum Gasteiger partial charge on any atom is 0.346 e. The molecule has 0 bridgehead atoms. The molecule has 0 radical (unpaired) electrons. The van der Waals surface area contributed by atoms with Gasteiger partial charge in [-0.2, -0.15) is 0 Å². The molecule has 6 N–H and O–H groups in total. The molecule has 108 valence electrons. The molecular weight excluding hydrogens is 273 g/mol. The van der Waals surface area contributed by atoms with Gasteiger partial charge in [0.05, 0.1) is 22.5 Å². The fraction of sp³-hybridized carbons (Fsp3) is 0.364. The third-order valence-electron chi connectivity index (χ3n) is 2.35. The summed E-state index contributed by atoms with van der Waals surface area (Å²) in [5.41, 5.74) is 5.39. The highest BCUT2D eigenvalue weighted by Crippen LogP contribution is 2.19. The Bertz CT molecular complexity index is 539. The van der Waals surface area contributed by atoms with Crippen LogP contribution in [0.1, 0.15) is 18.1 Å². The number of nitrogens with two attached hydrogens (primary N) is 1. The Morgan fingerprint density at radius 2 is 2.00 bits per heavy atom. The van der Waals surface area contributed by atoms with Gasteiger partial charge in [-0.25, -0.2) is 9.00 Å². The van der Waals surface area contributed by atoms with Gasteiger partial charge in [-0.15, -0.1) is 4.36 Å². The normalized spacial score (nSPS) is 14.9. The number of rotatable bonds is 4. The van der Waals surface area contributed by atoms with Crippen LogP contribution in [-0.4, -0.2) is 28.3 Å². The van der Waals surface area contributed by atoms with Gasteiger partial charge in [-0.3, -0.25) is 4.39 Å². The topological polar surface area (TPSA) is 128 Å². The number of nitrogens with zero attached hydrogens (tertiary/aromatic N) is 1. The van der Waals surface area contributed by atoms with Gasteiger partial charge in [0, 0.05) is 17.6 Å². The van der Waals surface area contributed by atoms with Crippen molar-refractivity contribution in [2.75, 3.05) is 12.9 Å². The maximum absolute atomic E-state index is 12.1. The van der Waals surface area contributed by atoms with E-state index in [1.54, 1.807) is 0 Å². The van der Waals surface area contributed by atoms with Gasteiger partial charge in [0.2, 0.25) is 0 Å². The van der Waals surface area contributed by atoms with Crippen molar-refractivity contribution in [1.82, 2.24) is 6.15 Å². The first kappa shape index (κ1) is 17.5. The Morgan fingerprint density at radius 1 is 1.47 bits per heavy atom. The zero-order valence-electron chi connectivity index (χ0n) is 10.6. The van der Waals surface area contributed by atoms with Crippen LogP contribution in [0, 0.1) is 0 Å². The summed E-state index contributed by atoms with van der Waals surface area (Å²) in [4.78, 5) is 11.0. The average molecular weight is 291 g/mol. The highest BCUT2D eigenvalue weighted by Gasteiger charge is 2.11. The Kier molecular flexibility index (Phi) is 6.60. The monoisotopic (exact) mass is 291 g/mol. The fourth-order valence-corrected chi connectivity index (χ4v) is 2.53. The minimum absolute atomic E-state index is 0. The highest BCUT2D eigenvalue weighted by atomic mass is 32.2. The summed E-state index contributed by atoms with van der Waals surface area (Å²) in [6.07, 6.45) is 0.405. The Morgan fingerprint density at radius 3 is 2.42 bits per heavy atom. The van der Waals surface area contributed by atoms with E-state index in [1.165, 1.54) is 30.5 Å². The van der Waals surface area contributed by atoms with Crippen LogP contribution in [0.4, 0.5) is 9.18 Å². The summed E-state index contributed by atoms with van der Waals surface area (Å²) in [5.74, 6) is 0. The zero-order valence-corrected chi connectivity index (χ0v) is 11.4. The molecule has 0 fully saturated rings. The lowest BCUT2D eigenvalue weighted by molar-refractivity contribution is 0.156. The molecule has 19 heavy (non-hydrogen) atoms. The molecule has 2 atom stereocenters. The van der Waals surface area contributed by atoms with Gasteiger partial charge in [0.15, 0.2) is 0 Å². The zero-order chi connectivity index (χ0) is 13.8. The lowest BCUT2D eigenvalue weighted by Crippen LogP contribution is -2.09. The summed E-state index contributed by atoms with van der Waals surface area (Å²) >= 11 is 0. The average Bonchev–Trinajstić information content (AvgIpc) is 2.28. The number of carbonyl (C=O) groups excluding carboxylic acids is 1.